The van der Waals surface area contributed by atoms with Crippen LogP contribution in [0.5, 0.6) is 5.75 Å². The zero-order valence-electron chi connectivity index (χ0n) is 19.9. The quantitative estimate of drug-likeness (QED) is 0.424. The van der Waals surface area contributed by atoms with Gasteiger partial charge in [0.2, 0.25) is 5.91 Å². The highest BCUT2D eigenvalue weighted by molar-refractivity contribution is 5.92. The fourth-order valence-electron chi connectivity index (χ4n) is 4.76. The Hall–Kier alpha value is -3.45. The van der Waals surface area contributed by atoms with Crippen LogP contribution in [-0.2, 0) is 11.2 Å². The molecule has 4 aromatic rings. The molecule has 1 aliphatic rings. The molecule has 2 aromatic heterocycles. The molecule has 7 nitrogen and oxygen atoms in total. The first kappa shape index (κ1) is 22.3. The molecule has 176 valence electrons. The highest BCUT2D eigenvalue weighted by Gasteiger charge is 2.22. The van der Waals surface area contributed by atoms with Gasteiger partial charge in [0.1, 0.15) is 12.4 Å². The van der Waals surface area contributed by atoms with Gasteiger partial charge in [0.05, 0.1) is 5.52 Å². The van der Waals surface area contributed by atoms with E-state index in [2.05, 4.69) is 17.9 Å². The number of para-hydroxylation sites is 1. The van der Waals surface area contributed by atoms with Crippen molar-refractivity contribution in [3.8, 4) is 5.75 Å². The Bertz CT molecular complexity index is 1290. The first-order chi connectivity index (χ1) is 16.6. The Morgan fingerprint density at radius 1 is 0.971 bits per heavy atom. The van der Waals surface area contributed by atoms with E-state index < -0.39 is 0 Å². The van der Waals surface area contributed by atoms with E-state index in [0.717, 1.165) is 72.0 Å². The average Bonchev–Trinajstić information content (AvgIpc) is 3.24. The number of ether oxygens (including phenoxy) is 1. The Morgan fingerprint density at radius 2 is 1.71 bits per heavy atom. The summed E-state index contributed by atoms with van der Waals surface area (Å²) in [4.78, 5) is 22.1. The maximum atomic E-state index is 12.9. The van der Waals surface area contributed by atoms with Crippen LogP contribution in [0.2, 0.25) is 0 Å². The third-order valence-corrected chi connectivity index (χ3v) is 6.75. The molecule has 0 radical (unpaired) electrons. The van der Waals surface area contributed by atoms with Crippen LogP contribution in [-0.4, -0.2) is 69.6 Å². The SMILES string of the molecule is Cc1nc2c3ccccc3nn2c(C)c1CCC(=O)N1CCN(CCOc2ccccc2)CC1. The van der Waals surface area contributed by atoms with Gasteiger partial charge in [-0.2, -0.15) is 5.10 Å². The van der Waals surface area contributed by atoms with Crippen LogP contribution in [0, 0.1) is 13.8 Å². The van der Waals surface area contributed by atoms with E-state index in [1.54, 1.807) is 0 Å². The van der Waals surface area contributed by atoms with Gasteiger partial charge in [-0.1, -0.05) is 30.3 Å². The summed E-state index contributed by atoms with van der Waals surface area (Å²) < 4.78 is 7.73. The normalized spacial score (nSPS) is 14.7. The van der Waals surface area contributed by atoms with Crippen LogP contribution in [0.1, 0.15) is 23.4 Å². The van der Waals surface area contributed by atoms with Crippen molar-refractivity contribution < 1.29 is 9.53 Å². The van der Waals surface area contributed by atoms with E-state index >= 15 is 0 Å². The van der Waals surface area contributed by atoms with E-state index in [1.807, 2.05) is 64.9 Å². The molecule has 1 fully saturated rings. The fourth-order valence-corrected chi connectivity index (χ4v) is 4.76. The lowest BCUT2D eigenvalue weighted by molar-refractivity contribution is -0.132. The van der Waals surface area contributed by atoms with E-state index in [4.69, 9.17) is 14.8 Å². The molecule has 34 heavy (non-hydrogen) atoms. The number of rotatable bonds is 7. The van der Waals surface area contributed by atoms with Crippen LogP contribution in [0.15, 0.2) is 54.6 Å². The predicted octanol–water partition coefficient (Wildman–Crippen LogP) is 3.66. The van der Waals surface area contributed by atoms with Gasteiger partial charge >= 0.3 is 0 Å². The zero-order chi connectivity index (χ0) is 23.5. The van der Waals surface area contributed by atoms with Crippen LogP contribution in [0.25, 0.3) is 16.6 Å². The fraction of sp³-hybridized carbons (Fsp3) is 0.370. The largest absolute Gasteiger partial charge is 0.492 e. The third-order valence-electron chi connectivity index (χ3n) is 6.75. The summed E-state index contributed by atoms with van der Waals surface area (Å²) >= 11 is 0. The van der Waals surface area contributed by atoms with Gasteiger partial charge < -0.3 is 9.64 Å². The summed E-state index contributed by atoms with van der Waals surface area (Å²) in [6, 6.07) is 18.0. The lowest BCUT2D eigenvalue weighted by Gasteiger charge is -2.34. The lowest BCUT2D eigenvalue weighted by Crippen LogP contribution is -2.49. The highest BCUT2D eigenvalue weighted by atomic mass is 16.5. The summed E-state index contributed by atoms with van der Waals surface area (Å²) in [7, 11) is 0. The molecular weight excluding hydrogens is 426 g/mol. The molecule has 1 saturated heterocycles. The highest BCUT2D eigenvalue weighted by Crippen LogP contribution is 2.23. The molecule has 2 aromatic carbocycles. The van der Waals surface area contributed by atoms with Crippen molar-refractivity contribution in [1.82, 2.24) is 24.4 Å². The summed E-state index contributed by atoms with van der Waals surface area (Å²) in [6.45, 7) is 8.95. The molecule has 0 bridgehead atoms. The maximum absolute atomic E-state index is 12.9. The first-order valence-electron chi connectivity index (χ1n) is 12.0. The van der Waals surface area contributed by atoms with Gasteiger partial charge in [-0.15, -0.1) is 0 Å². The van der Waals surface area contributed by atoms with E-state index in [-0.39, 0.29) is 5.91 Å². The van der Waals surface area contributed by atoms with Crippen molar-refractivity contribution in [3.63, 3.8) is 0 Å². The Kier molecular flexibility index (Phi) is 6.45. The third kappa shape index (κ3) is 4.61. The zero-order valence-corrected chi connectivity index (χ0v) is 19.9. The van der Waals surface area contributed by atoms with E-state index in [0.29, 0.717) is 19.4 Å². The second kappa shape index (κ2) is 9.81. The number of piperazine rings is 1. The molecule has 0 aliphatic carbocycles. The number of carbonyl (C=O) groups excluding carboxylic acids is 1. The van der Waals surface area contributed by atoms with Gasteiger partial charge in [0, 0.05) is 55.9 Å². The number of hydrogen-bond acceptors (Lipinski definition) is 5. The first-order valence-corrected chi connectivity index (χ1v) is 12.0. The minimum absolute atomic E-state index is 0.213. The smallest absolute Gasteiger partial charge is 0.222 e. The molecule has 0 spiro atoms. The van der Waals surface area contributed by atoms with Gasteiger partial charge in [-0.3, -0.25) is 9.69 Å². The summed E-state index contributed by atoms with van der Waals surface area (Å²) in [5, 5.41) is 5.79. The van der Waals surface area contributed by atoms with Gasteiger partial charge in [-0.05, 0) is 50.1 Å². The summed E-state index contributed by atoms with van der Waals surface area (Å²) in [5.74, 6) is 1.11. The second-order valence-electron chi connectivity index (χ2n) is 8.90. The Balaban J connectivity index is 1.15. The number of nitrogens with zero attached hydrogens (tertiary/aromatic N) is 5. The van der Waals surface area contributed by atoms with Crippen molar-refractivity contribution in [2.45, 2.75) is 26.7 Å². The number of benzene rings is 2. The molecule has 1 aliphatic heterocycles. The average molecular weight is 458 g/mol. The topological polar surface area (TPSA) is 63.0 Å². The number of aromatic nitrogens is 3. The molecule has 3 heterocycles. The second-order valence-corrected chi connectivity index (χ2v) is 8.90. The standard InChI is InChI=1S/C27H31N5O2/c1-20-23(21(2)32-27(28-20)24-10-6-7-11-25(24)29-32)12-13-26(33)31-16-14-30(15-17-31)18-19-34-22-8-4-3-5-9-22/h3-11H,12-19H2,1-2H3. The molecule has 5 rings (SSSR count). The molecule has 0 saturated carbocycles. The van der Waals surface area contributed by atoms with Gasteiger partial charge in [0.25, 0.3) is 0 Å². The number of aryl methyl sites for hydroxylation is 2. The monoisotopic (exact) mass is 457 g/mol. The van der Waals surface area contributed by atoms with Gasteiger partial charge in [0.15, 0.2) is 5.65 Å². The van der Waals surface area contributed by atoms with Crippen molar-refractivity contribution in [3.05, 3.63) is 71.5 Å². The lowest BCUT2D eigenvalue weighted by atomic mass is 10.1. The van der Waals surface area contributed by atoms with Crippen molar-refractivity contribution >= 4 is 22.5 Å². The number of fused-ring (bicyclic) bond motifs is 3. The molecule has 1 amide bonds. The Labute approximate surface area is 199 Å². The summed E-state index contributed by atoms with van der Waals surface area (Å²) in [5.41, 5.74) is 4.98. The number of hydrogen-bond donors (Lipinski definition) is 0. The number of carbonyl (C=O) groups is 1. The van der Waals surface area contributed by atoms with Crippen LogP contribution in [0.4, 0.5) is 0 Å². The predicted molar refractivity (Wildman–Crippen MR) is 133 cm³/mol. The number of amides is 1. The van der Waals surface area contributed by atoms with Gasteiger partial charge in [-0.25, -0.2) is 9.50 Å². The van der Waals surface area contributed by atoms with Crippen LogP contribution < -0.4 is 4.74 Å². The van der Waals surface area contributed by atoms with E-state index in [9.17, 15) is 4.79 Å². The van der Waals surface area contributed by atoms with Crippen molar-refractivity contribution in [2.75, 3.05) is 39.3 Å². The molecule has 0 unspecified atom stereocenters. The van der Waals surface area contributed by atoms with Crippen LogP contribution >= 0.6 is 0 Å². The van der Waals surface area contributed by atoms with E-state index in [1.165, 1.54) is 0 Å². The minimum atomic E-state index is 0.213. The van der Waals surface area contributed by atoms with Crippen molar-refractivity contribution in [1.29, 1.82) is 0 Å². The minimum Gasteiger partial charge on any atom is -0.492 e. The summed E-state index contributed by atoms with van der Waals surface area (Å²) in [6.07, 6.45) is 1.17. The van der Waals surface area contributed by atoms with Crippen molar-refractivity contribution in [2.24, 2.45) is 0 Å². The molecule has 7 heteroatoms. The maximum Gasteiger partial charge on any atom is 0.222 e. The molecule has 0 N–H and O–H groups in total. The Morgan fingerprint density at radius 3 is 2.50 bits per heavy atom. The molecular formula is C27H31N5O2. The molecule has 0 atom stereocenters. The van der Waals surface area contributed by atoms with Crippen LogP contribution in [0.3, 0.4) is 0 Å².